The molecule has 0 radical (unpaired) electrons. The van der Waals surface area contributed by atoms with Crippen LogP contribution in [0.1, 0.15) is 75.8 Å². The van der Waals surface area contributed by atoms with Crippen LogP contribution in [0.3, 0.4) is 0 Å². The summed E-state index contributed by atoms with van der Waals surface area (Å²) in [5.41, 5.74) is 1.23. The second-order valence-corrected chi connectivity index (χ2v) is 10.4. The number of ether oxygens (including phenoxy) is 2. The van der Waals surface area contributed by atoms with Gasteiger partial charge in [-0.1, -0.05) is 38.7 Å². The van der Waals surface area contributed by atoms with E-state index >= 15 is 0 Å². The fraction of sp³-hybridized carbons (Fsp3) is 0.593. The quantitative estimate of drug-likeness (QED) is 0.680. The van der Waals surface area contributed by atoms with Gasteiger partial charge in [0.25, 0.3) is 0 Å². The lowest BCUT2D eigenvalue weighted by atomic mass is 9.63. The van der Waals surface area contributed by atoms with Gasteiger partial charge in [0.1, 0.15) is 6.04 Å². The molecule has 2 fully saturated rings. The van der Waals surface area contributed by atoms with Crippen LogP contribution in [0.2, 0.25) is 0 Å². The van der Waals surface area contributed by atoms with Gasteiger partial charge in [-0.3, -0.25) is 14.4 Å². The van der Waals surface area contributed by atoms with E-state index in [0.29, 0.717) is 30.9 Å². The maximum absolute atomic E-state index is 14.3. The average Bonchev–Trinajstić information content (AvgIpc) is 3.41. The molecule has 1 saturated carbocycles. The molecule has 7 nitrogen and oxygen atoms in total. The summed E-state index contributed by atoms with van der Waals surface area (Å²) in [6.07, 6.45) is 11.3. The summed E-state index contributed by atoms with van der Waals surface area (Å²) in [7, 11) is 0. The standard InChI is InChI=1S/C27H32N2O5/c1-2-3-9-24(31)28-15-17-12-21-22(34-16-33-21)14-20(17)27-11-10-19(30)13-23(27)29(26(32)25(27)28)18-7-5-4-6-8-18/h10-12,14,18,23,25H,2-9,13,15-16H2,1H3/t23-,25+,27?/m0/s1. The van der Waals surface area contributed by atoms with Crippen LogP contribution in [0, 0.1) is 0 Å². The Morgan fingerprint density at radius 3 is 2.65 bits per heavy atom. The Morgan fingerprint density at radius 1 is 1.12 bits per heavy atom. The van der Waals surface area contributed by atoms with Crippen molar-refractivity contribution in [3.05, 3.63) is 35.4 Å². The van der Waals surface area contributed by atoms with Crippen molar-refractivity contribution in [2.24, 2.45) is 0 Å². The molecule has 180 valence electrons. The van der Waals surface area contributed by atoms with E-state index in [1.54, 1.807) is 11.0 Å². The number of benzene rings is 1. The number of hydrogen-bond donors (Lipinski definition) is 0. The van der Waals surface area contributed by atoms with Crippen molar-refractivity contribution in [3.8, 4) is 11.5 Å². The molecule has 0 N–H and O–H groups in total. The minimum Gasteiger partial charge on any atom is -0.454 e. The average molecular weight is 465 g/mol. The van der Waals surface area contributed by atoms with E-state index in [-0.39, 0.29) is 36.5 Å². The van der Waals surface area contributed by atoms with Crippen LogP contribution >= 0.6 is 0 Å². The highest BCUT2D eigenvalue weighted by Gasteiger charge is 2.66. The second-order valence-electron chi connectivity index (χ2n) is 10.4. The number of allylic oxidation sites excluding steroid dienone is 1. The summed E-state index contributed by atoms with van der Waals surface area (Å²) in [6.45, 7) is 2.61. The Hall–Kier alpha value is -2.83. The number of nitrogens with zero attached hydrogens (tertiary/aromatic N) is 2. The van der Waals surface area contributed by atoms with Gasteiger partial charge in [-0.05, 0) is 48.6 Å². The van der Waals surface area contributed by atoms with Crippen molar-refractivity contribution in [2.75, 3.05) is 6.79 Å². The van der Waals surface area contributed by atoms with Crippen LogP contribution in [0.25, 0.3) is 0 Å². The lowest BCUT2D eigenvalue weighted by Gasteiger charge is -2.48. The topological polar surface area (TPSA) is 76.2 Å². The number of likely N-dealkylation sites (tertiary alicyclic amines) is 1. The van der Waals surface area contributed by atoms with Crippen LogP contribution in [-0.2, 0) is 26.3 Å². The molecule has 3 aliphatic heterocycles. The number of ketones is 1. The molecule has 1 aromatic rings. The predicted molar refractivity (Wildman–Crippen MR) is 124 cm³/mol. The summed E-state index contributed by atoms with van der Waals surface area (Å²) in [4.78, 5) is 44.3. The van der Waals surface area contributed by atoms with Crippen molar-refractivity contribution in [2.45, 2.75) is 94.8 Å². The van der Waals surface area contributed by atoms with Gasteiger partial charge in [0, 0.05) is 25.4 Å². The Kier molecular flexibility index (Phi) is 5.19. The van der Waals surface area contributed by atoms with Crippen LogP contribution in [-0.4, -0.2) is 52.3 Å². The third kappa shape index (κ3) is 3.05. The molecule has 3 heterocycles. The highest BCUT2D eigenvalue weighted by molar-refractivity contribution is 5.99. The van der Waals surface area contributed by atoms with Crippen molar-refractivity contribution in [1.29, 1.82) is 0 Å². The monoisotopic (exact) mass is 464 g/mol. The van der Waals surface area contributed by atoms with E-state index in [9.17, 15) is 14.4 Å². The summed E-state index contributed by atoms with van der Waals surface area (Å²) in [5, 5.41) is 0. The normalized spacial score (nSPS) is 29.8. The number of carbonyl (C=O) groups is 3. The largest absolute Gasteiger partial charge is 0.454 e. The molecular formula is C27H32N2O5. The van der Waals surface area contributed by atoms with E-state index in [2.05, 4.69) is 6.92 Å². The Morgan fingerprint density at radius 2 is 1.88 bits per heavy atom. The number of fused-ring (bicyclic) bond motifs is 2. The Balaban J connectivity index is 1.54. The summed E-state index contributed by atoms with van der Waals surface area (Å²) in [6, 6.07) is 3.19. The van der Waals surface area contributed by atoms with E-state index in [1.807, 2.05) is 23.1 Å². The van der Waals surface area contributed by atoms with Gasteiger partial charge >= 0.3 is 0 Å². The van der Waals surface area contributed by atoms with Gasteiger partial charge in [-0.25, -0.2) is 0 Å². The molecule has 0 bridgehead atoms. The molecule has 34 heavy (non-hydrogen) atoms. The smallest absolute Gasteiger partial charge is 0.247 e. The zero-order valence-electron chi connectivity index (χ0n) is 19.8. The number of amides is 2. The minimum absolute atomic E-state index is 0.00409. The second kappa shape index (κ2) is 8.14. The molecule has 0 aromatic heterocycles. The SMILES string of the molecule is CCCCC(=O)N1Cc2cc3c(cc2C24C=CC(=O)C[C@@H]2N(C2CCCCC2)C(=O)[C@@H]14)OCO3. The fourth-order valence-electron chi connectivity index (χ4n) is 6.97. The molecular weight excluding hydrogens is 432 g/mol. The van der Waals surface area contributed by atoms with Gasteiger partial charge in [-0.15, -0.1) is 0 Å². The molecule has 1 saturated heterocycles. The first kappa shape index (κ1) is 21.7. The predicted octanol–water partition coefficient (Wildman–Crippen LogP) is 3.63. The minimum atomic E-state index is -0.751. The third-order valence-electron chi connectivity index (χ3n) is 8.52. The molecule has 1 spiro atoms. The molecule has 2 aliphatic carbocycles. The lowest BCUT2D eigenvalue weighted by molar-refractivity contribution is -0.145. The van der Waals surface area contributed by atoms with E-state index in [1.165, 1.54) is 6.42 Å². The van der Waals surface area contributed by atoms with Crippen molar-refractivity contribution >= 4 is 17.6 Å². The van der Waals surface area contributed by atoms with Gasteiger partial charge in [0.2, 0.25) is 18.6 Å². The molecule has 1 unspecified atom stereocenters. The molecule has 7 heteroatoms. The maximum atomic E-state index is 14.3. The zero-order chi connectivity index (χ0) is 23.4. The Bertz CT molecular complexity index is 1080. The van der Waals surface area contributed by atoms with Gasteiger partial charge in [-0.2, -0.15) is 0 Å². The molecule has 2 amide bonds. The van der Waals surface area contributed by atoms with Crippen molar-refractivity contribution in [1.82, 2.24) is 9.80 Å². The van der Waals surface area contributed by atoms with E-state index < -0.39 is 11.5 Å². The molecule has 5 aliphatic rings. The Labute approximate surface area is 200 Å². The fourth-order valence-corrected chi connectivity index (χ4v) is 6.97. The molecule has 3 atom stereocenters. The summed E-state index contributed by atoms with van der Waals surface area (Å²) < 4.78 is 11.4. The van der Waals surface area contributed by atoms with E-state index in [4.69, 9.17) is 9.47 Å². The number of unbranched alkanes of at least 4 members (excludes halogenated alkanes) is 1. The van der Waals surface area contributed by atoms with Gasteiger partial charge in [0.05, 0.1) is 11.5 Å². The first-order valence-corrected chi connectivity index (χ1v) is 12.8. The van der Waals surface area contributed by atoms with Crippen molar-refractivity contribution < 1.29 is 23.9 Å². The van der Waals surface area contributed by atoms with E-state index in [0.717, 1.165) is 49.7 Å². The lowest BCUT2D eigenvalue weighted by Crippen LogP contribution is -2.59. The van der Waals surface area contributed by atoms with Gasteiger partial charge in [0.15, 0.2) is 17.3 Å². The zero-order valence-corrected chi connectivity index (χ0v) is 19.8. The van der Waals surface area contributed by atoms with Crippen LogP contribution in [0.5, 0.6) is 11.5 Å². The highest BCUT2D eigenvalue weighted by atomic mass is 16.7. The van der Waals surface area contributed by atoms with Crippen LogP contribution < -0.4 is 9.47 Å². The van der Waals surface area contributed by atoms with Gasteiger partial charge < -0.3 is 19.3 Å². The third-order valence-corrected chi connectivity index (χ3v) is 8.52. The number of carbonyl (C=O) groups excluding carboxylic acids is 3. The van der Waals surface area contributed by atoms with Crippen molar-refractivity contribution in [3.63, 3.8) is 0 Å². The first-order valence-electron chi connectivity index (χ1n) is 12.8. The van der Waals surface area contributed by atoms with Crippen LogP contribution in [0.15, 0.2) is 24.3 Å². The summed E-state index contributed by atoms with van der Waals surface area (Å²) >= 11 is 0. The number of rotatable bonds is 4. The molecule has 1 aromatic carbocycles. The maximum Gasteiger partial charge on any atom is 0.247 e. The number of hydrogen-bond acceptors (Lipinski definition) is 5. The van der Waals surface area contributed by atoms with Crippen LogP contribution in [0.4, 0.5) is 0 Å². The summed E-state index contributed by atoms with van der Waals surface area (Å²) in [5.74, 6) is 1.41. The highest BCUT2D eigenvalue weighted by Crippen LogP contribution is 2.55. The molecule has 6 rings (SSSR count). The first-order chi connectivity index (χ1) is 16.5.